The van der Waals surface area contributed by atoms with Crippen LogP contribution in [0.3, 0.4) is 0 Å². The molecule has 0 saturated heterocycles. The summed E-state index contributed by atoms with van der Waals surface area (Å²) in [5.41, 5.74) is 4.10. The van der Waals surface area contributed by atoms with Crippen molar-refractivity contribution in [1.82, 2.24) is 9.97 Å². The number of thioether (sulfide) groups is 1. The molecule has 6 heteroatoms. The van der Waals surface area contributed by atoms with Crippen LogP contribution in [0.1, 0.15) is 11.1 Å². The number of fused-ring (bicyclic) bond motifs is 2. The third kappa shape index (κ3) is 3.13. The summed E-state index contributed by atoms with van der Waals surface area (Å²) in [5, 5.41) is 1.76. The van der Waals surface area contributed by atoms with Crippen LogP contribution >= 0.6 is 11.8 Å². The number of methoxy groups -OCH3 is 1. The second-order valence-electron chi connectivity index (χ2n) is 5.80. The van der Waals surface area contributed by atoms with Crippen molar-refractivity contribution in [2.24, 2.45) is 0 Å². The summed E-state index contributed by atoms with van der Waals surface area (Å²) in [4.78, 5) is 19.7. The van der Waals surface area contributed by atoms with Gasteiger partial charge in [0.25, 0.3) is 0 Å². The second-order valence-corrected chi connectivity index (χ2v) is 6.77. The Morgan fingerprint density at radius 1 is 1.20 bits per heavy atom. The predicted octanol–water partition coefficient (Wildman–Crippen LogP) is 4.28. The highest BCUT2D eigenvalue weighted by Crippen LogP contribution is 2.28. The van der Waals surface area contributed by atoms with Gasteiger partial charge in [0, 0.05) is 23.3 Å². The van der Waals surface area contributed by atoms with Gasteiger partial charge in [0.1, 0.15) is 11.3 Å². The number of imidazole rings is 1. The zero-order chi connectivity index (χ0) is 17.4. The third-order valence-corrected chi connectivity index (χ3v) is 4.94. The summed E-state index contributed by atoms with van der Waals surface area (Å²) in [6, 6.07) is 13.2. The van der Waals surface area contributed by atoms with Crippen LogP contribution in [0, 0.1) is 6.92 Å². The Hall–Kier alpha value is -2.73. The highest BCUT2D eigenvalue weighted by atomic mass is 32.2. The van der Waals surface area contributed by atoms with Crippen molar-refractivity contribution in [1.29, 1.82) is 0 Å². The molecule has 126 valence electrons. The minimum absolute atomic E-state index is 0.331. The van der Waals surface area contributed by atoms with Crippen molar-refractivity contribution in [3.63, 3.8) is 0 Å². The monoisotopic (exact) mass is 352 g/mol. The lowest BCUT2D eigenvalue weighted by Gasteiger charge is -2.04. The maximum Gasteiger partial charge on any atom is 0.336 e. The molecular formula is C19H16N2O3S. The van der Waals surface area contributed by atoms with Gasteiger partial charge in [-0.05, 0) is 36.2 Å². The van der Waals surface area contributed by atoms with E-state index in [1.54, 1.807) is 24.9 Å². The van der Waals surface area contributed by atoms with E-state index in [0.29, 0.717) is 11.3 Å². The van der Waals surface area contributed by atoms with Gasteiger partial charge in [0.2, 0.25) is 0 Å². The first-order valence-corrected chi connectivity index (χ1v) is 8.81. The minimum atomic E-state index is -0.331. The zero-order valence-corrected chi connectivity index (χ0v) is 14.6. The van der Waals surface area contributed by atoms with E-state index in [4.69, 9.17) is 9.15 Å². The lowest BCUT2D eigenvalue weighted by atomic mass is 10.1. The topological polar surface area (TPSA) is 68.1 Å². The highest BCUT2D eigenvalue weighted by molar-refractivity contribution is 7.98. The largest absolute Gasteiger partial charge is 0.497 e. The molecule has 5 nitrogen and oxygen atoms in total. The van der Waals surface area contributed by atoms with Gasteiger partial charge in [-0.2, -0.15) is 0 Å². The molecule has 2 aromatic heterocycles. The highest BCUT2D eigenvalue weighted by Gasteiger charge is 2.09. The van der Waals surface area contributed by atoms with E-state index in [1.165, 1.54) is 0 Å². The molecule has 0 atom stereocenters. The molecule has 0 fully saturated rings. The van der Waals surface area contributed by atoms with Gasteiger partial charge >= 0.3 is 5.63 Å². The van der Waals surface area contributed by atoms with Crippen LogP contribution in [0.2, 0.25) is 0 Å². The summed E-state index contributed by atoms with van der Waals surface area (Å²) < 4.78 is 10.5. The van der Waals surface area contributed by atoms with Crippen LogP contribution in [0.15, 0.2) is 56.8 Å². The lowest BCUT2D eigenvalue weighted by molar-refractivity contribution is 0.415. The van der Waals surface area contributed by atoms with E-state index < -0.39 is 0 Å². The quantitative estimate of drug-likeness (QED) is 0.439. The number of benzene rings is 2. The van der Waals surface area contributed by atoms with Crippen molar-refractivity contribution in [2.75, 3.05) is 7.11 Å². The number of aromatic amines is 1. The fraction of sp³-hybridized carbons (Fsp3) is 0.158. The first-order valence-electron chi connectivity index (χ1n) is 7.82. The number of aromatic nitrogens is 2. The maximum atomic E-state index is 11.8. The summed E-state index contributed by atoms with van der Waals surface area (Å²) in [7, 11) is 1.64. The SMILES string of the molecule is COc1ccc2nc(SCc3cc(=O)oc4cc(C)ccc34)[nH]c2c1. The van der Waals surface area contributed by atoms with Crippen LogP contribution in [-0.2, 0) is 5.75 Å². The van der Waals surface area contributed by atoms with Crippen LogP contribution in [0.5, 0.6) is 5.75 Å². The van der Waals surface area contributed by atoms with E-state index in [0.717, 1.165) is 38.5 Å². The second kappa shape index (κ2) is 6.29. The smallest absolute Gasteiger partial charge is 0.336 e. The Labute approximate surface area is 148 Å². The number of aryl methyl sites for hydroxylation is 1. The summed E-state index contributed by atoms with van der Waals surface area (Å²) in [6.45, 7) is 1.98. The van der Waals surface area contributed by atoms with Crippen LogP contribution in [0.25, 0.3) is 22.0 Å². The molecule has 0 spiro atoms. The first-order chi connectivity index (χ1) is 12.1. The molecule has 0 amide bonds. The lowest BCUT2D eigenvalue weighted by Crippen LogP contribution is -2.00. The molecule has 0 saturated carbocycles. The molecule has 0 radical (unpaired) electrons. The van der Waals surface area contributed by atoms with Crippen molar-refractivity contribution in [3.05, 3.63) is 64.0 Å². The number of hydrogen-bond acceptors (Lipinski definition) is 5. The van der Waals surface area contributed by atoms with E-state index >= 15 is 0 Å². The van der Waals surface area contributed by atoms with Gasteiger partial charge in [-0.15, -0.1) is 0 Å². The molecule has 2 aromatic carbocycles. The van der Waals surface area contributed by atoms with Crippen molar-refractivity contribution in [2.45, 2.75) is 17.8 Å². The van der Waals surface area contributed by atoms with E-state index in [-0.39, 0.29) is 5.63 Å². The standard InChI is InChI=1S/C19H16N2O3S/c1-11-3-5-14-12(8-18(22)24-17(14)7-11)10-25-19-20-15-6-4-13(23-2)9-16(15)21-19/h3-9H,10H2,1-2H3,(H,20,21). The molecule has 4 rings (SSSR count). The molecule has 0 aliphatic rings. The fourth-order valence-electron chi connectivity index (χ4n) is 2.76. The number of H-pyrrole nitrogens is 1. The average Bonchev–Trinajstić information content (AvgIpc) is 3.00. The third-order valence-electron chi connectivity index (χ3n) is 4.02. The molecule has 25 heavy (non-hydrogen) atoms. The average molecular weight is 352 g/mol. The molecule has 1 N–H and O–H groups in total. The van der Waals surface area contributed by atoms with E-state index in [1.807, 2.05) is 43.3 Å². The summed E-state index contributed by atoms with van der Waals surface area (Å²) >= 11 is 1.55. The van der Waals surface area contributed by atoms with Crippen molar-refractivity contribution < 1.29 is 9.15 Å². The normalized spacial score (nSPS) is 11.3. The van der Waals surface area contributed by atoms with Crippen LogP contribution in [0.4, 0.5) is 0 Å². The van der Waals surface area contributed by atoms with Crippen LogP contribution in [-0.4, -0.2) is 17.1 Å². The Balaban J connectivity index is 1.65. The summed E-state index contributed by atoms with van der Waals surface area (Å²) in [5.74, 6) is 1.41. The molecule has 0 unspecified atom stereocenters. The van der Waals surface area contributed by atoms with Gasteiger partial charge in [0.15, 0.2) is 5.16 Å². The van der Waals surface area contributed by atoms with Gasteiger partial charge in [0.05, 0.1) is 18.1 Å². The Morgan fingerprint density at radius 2 is 2.08 bits per heavy atom. The Morgan fingerprint density at radius 3 is 2.92 bits per heavy atom. The van der Waals surface area contributed by atoms with E-state index in [2.05, 4.69) is 9.97 Å². The van der Waals surface area contributed by atoms with Crippen LogP contribution < -0.4 is 10.4 Å². The maximum absolute atomic E-state index is 11.8. The van der Waals surface area contributed by atoms with Crippen molar-refractivity contribution in [3.8, 4) is 5.75 Å². The molecule has 2 heterocycles. The van der Waals surface area contributed by atoms with Gasteiger partial charge < -0.3 is 14.1 Å². The van der Waals surface area contributed by atoms with Gasteiger partial charge in [-0.3, -0.25) is 0 Å². The van der Waals surface area contributed by atoms with E-state index in [9.17, 15) is 4.79 Å². The minimum Gasteiger partial charge on any atom is -0.497 e. The van der Waals surface area contributed by atoms with Crippen molar-refractivity contribution >= 4 is 33.8 Å². The number of ether oxygens (including phenoxy) is 1. The predicted molar refractivity (Wildman–Crippen MR) is 99.4 cm³/mol. The molecule has 0 aliphatic carbocycles. The first kappa shape index (κ1) is 15.8. The number of nitrogens with zero attached hydrogens (tertiary/aromatic N) is 1. The number of hydrogen-bond donors (Lipinski definition) is 1. The molecule has 4 aromatic rings. The molecule has 0 bridgehead atoms. The Kier molecular flexibility index (Phi) is 3.97. The number of rotatable bonds is 4. The fourth-order valence-corrected chi connectivity index (χ4v) is 3.64. The van der Waals surface area contributed by atoms with Gasteiger partial charge in [-0.25, -0.2) is 9.78 Å². The summed E-state index contributed by atoms with van der Waals surface area (Å²) in [6.07, 6.45) is 0. The Bertz CT molecular complexity index is 1130. The number of nitrogens with one attached hydrogen (secondary N) is 1. The molecular weight excluding hydrogens is 336 g/mol. The molecule has 0 aliphatic heterocycles. The van der Waals surface area contributed by atoms with Gasteiger partial charge in [-0.1, -0.05) is 23.9 Å². The zero-order valence-electron chi connectivity index (χ0n) is 13.8.